The van der Waals surface area contributed by atoms with E-state index >= 15 is 0 Å². The summed E-state index contributed by atoms with van der Waals surface area (Å²) < 4.78 is 20.5. The molecule has 214 valence electrons. The maximum Gasteiger partial charge on any atom is 0.335 e. The quantitative estimate of drug-likeness (QED) is 0.128. The lowest BCUT2D eigenvalue weighted by atomic mass is 10.1. The number of rotatable bonds is 8. The number of nitrogens with zero attached hydrogens (tertiary/aromatic N) is 3. The van der Waals surface area contributed by atoms with Crippen LogP contribution in [0.1, 0.15) is 21.5 Å². The van der Waals surface area contributed by atoms with Crippen LogP contribution in [0.3, 0.4) is 0 Å². The van der Waals surface area contributed by atoms with Gasteiger partial charge in [-0.15, -0.1) is 0 Å². The minimum atomic E-state index is -0.987. The van der Waals surface area contributed by atoms with E-state index < -0.39 is 5.97 Å². The number of halogens is 2. The summed E-state index contributed by atoms with van der Waals surface area (Å²) in [6.07, 6.45) is 1.59. The molecule has 43 heavy (non-hydrogen) atoms. The Bertz CT molecular complexity index is 2100. The minimum absolute atomic E-state index is 0.205. The zero-order valence-corrected chi connectivity index (χ0v) is 26.8. The van der Waals surface area contributed by atoms with Gasteiger partial charge in [0.2, 0.25) is 5.82 Å². The van der Waals surface area contributed by atoms with Crippen molar-refractivity contribution in [3.8, 4) is 23.1 Å². The Balaban J connectivity index is 1.36. The molecule has 4 aromatic carbocycles. The fourth-order valence-corrected chi connectivity index (χ4v) is 6.71. The second kappa shape index (κ2) is 12.2. The minimum Gasteiger partial charge on any atom is -0.496 e. The number of aromatic carboxylic acids is 1. The third-order valence-corrected chi connectivity index (χ3v) is 8.22. The highest BCUT2D eigenvalue weighted by Gasteiger charge is 2.18. The van der Waals surface area contributed by atoms with Crippen molar-refractivity contribution >= 4 is 79.2 Å². The smallest absolute Gasteiger partial charge is 0.335 e. The number of carboxylic acid groups (broad SMARTS) is 1. The summed E-state index contributed by atoms with van der Waals surface area (Å²) in [6, 6.07) is 24.8. The van der Waals surface area contributed by atoms with E-state index in [0.717, 1.165) is 23.7 Å². The topological polar surface area (TPSA) is 116 Å². The van der Waals surface area contributed by atoms with Gasteiger partial charge in [-0.1, -0.05) is 30.3 Å². The zero-order valence-electron chi connectivity index (χ0n) is 22.5. The van der Waals surface area contributed by atoms with E-state index in [1.54, 1.807) is 55.8 Å². The van der Waals surface area contributed by atoms with Crippen LogP contribution < -0.4 is 15.0 Å². The summed E-state index contributed by atoms with van der Waals surface area (Å²) in [6.45, 7) is 0.213. The lowest BCUT2D eigenvalue weighted by Gasteiger charge is -2.12. The Morgan fingerprint density at radius 1 is 1.00 bits per heavy atom. The molecule has 11 heteroatoms. The lowest BCUT2D eigenvalue weighted by molar-refractivity contribution is 0.0696. The van der Waals surface area contributed by atoms with E-state index in [1.807, 2.05) is 42.5 Å². The predicted molar refractivity (Wildman–Crippen MR) is 180 cm³/mol. The zero-order chi connectivity index (χ0) is 30.1. The first-order valence-electron chi connectivity index (χ1n) is 12.9. The van der Waals surface area contributed by atoms with E-state index in [2.05, 4.69) is 50.3 Å². The fourth-order valence-electron chi connectivity index (χ4n) is 4.58. The molecule has 0 bridgehead atoms. The molecule has 0 atom stereocenters. The van der Waals surface area contributed by atoms with Crippen LogP contribution in [-0.4, -0.2) is 34.1 Å². The first kappa shape index (κ1) is 28.9. The van der Waals surface area contributed by atoms with Crippen molar-refractivity contribution in [2.45, 2.75) is 6.61 Å². The monoisotopic (exact) mass is 797 g/mol. The molecular formula is C32H21I2N3O6. The molecular weight excluding hydrogens is 776 g/mol. The highest BCUT2D eigenvalue weighted by atomic mass is 127. The number of benzene rings is 4. The van der Waals surface area contributed by atoms with E-state index in [0.29, 0.717) is 33.7 Å². The van der Waals surface area contributed by atoms with E-state index in [4.69, 9.17) is 18.9 Å². The number of aromatic nitrogens is 2. The summed E-state index contributed by atoms with van der Waals surface area (Å²) >= 11 is 4.36. The Kier molecular flexibility index (Phi) is 8.17. The average Bonchev–Trinajstić information content (AvgIpc) is 3.45. The van der Waals surface area contributed by atoms with E-state index in [9.17, 15) is 14.7 Å². The third-order valence-electron chi connectivity index (χ3n) is 6.62. The van der Waals surface area contributed by atoms with Crippen molar-refractivity contribution in [2.24, 2.45) is 5.10 Å². The van der Waals surface area contributed by atoms with Crippen LogP contribution in [0.25, 0.3) is 33.5 Å². The molecule has 0 aliphatic rings. The number of hydrogen-bond acceptors (Lipinski definition) is 7. The fraction of sp³-hybridized carbons (Fsp3) is 0.0625. The summed E-state index contributed by atoms with van der Waals surface area (Å²) in [5, 5.41) is 15.0. The Labute approximate surface area is 272 Å². The maximum atomic E-state index is 13.6. The highest BCUT2D eigenvalue weighted by Crippen LogP contribution is 2.33. The first-order valence-corrected chi connectivity index (χ1v) is 15.1. The van der Waals surface area contributed by atoms with Crippen molar-refractivity contribution in [2.75, 3.05) is 7.11 Å². The van der Waals surface area contributed by atoms with E-state index in [-0.39, 0.29) is 23.6 Å². The number of carboxylic acids is 1. The van der Waals surface area contributed by atoms with Gasteiger partial charge in [0.25, 0.3) is 5.56 Å². The van der Waals surface area contributed by atoms with Gasteiger partial charge >= 0.3 is 5.97 Å². The summed E-state index contributed by atoms with van der Waals surface area (Å²) in [4.78, 5) is 29.7. The second-order valence-electron chi connectivity index (χ2n) is 9.40. The number of carbonyl (C=O) groups is 1. The Morgan fingerprint density at radius 3 is 2.53 bits per heavy atom. The normalized spacial score (nSPS) is 11.4. The highest BCUT2D eigenvalue weighted by molar-refractivity contribution is 14.1. The average molecular weight is 797 g/mol. The van der Waals surface area contributed by atoms with Crippen LogP contribution in [0.5, 0.6) is 11.5 Å². The molecule has 2 aromatic heterocycles. The molecule has 0 aliphatic carbocycles. The Morgan fingerprint density at radius 2 is 1.77 bits per heavy atom. The maximum absolute atomic E-state index is 13.6. The molecule has 2 heterocycles. The number of para-hydroxylation sites is 1. The van der Waals surface area contributed by atoms with Crippen LogP contribution >= 0.6 is 45.2 Å². The van der Waals surface area contributed by atoms with Gasteiger partial charge in [-0.2, -0.15) is 9.78 Å². The molecule has 0 saturated heterocycles. The van der Waals surface area contributed by atoms with Crippen LogP contribution in [0.15, 0.2) is 99.2 Å². The molecule has 9 nitrogen and oxygen atoms in total. The SMILES string of the molecule is COc1cccc2oc(-c3nc4ccccc4c(=O)n3N=Cc3cc(I)c(OCc4cccc(C(=O)O)c4)c(I)c3)cc12. The van der Waals surface area contributed by atoms with Crippen molar-refractivity contribution in [1.82, 2.24) is 9.66 Å². The first-order chi connectivity index (χ1) is 20.8. The van der Waals surface area contributed by atoms with Gasteiger partial charge in [0.15, 0.2) is 5.76 Å². The van der Waals surface area contributed by atoms with Gasteiger partial charge < -0.3 is 19.0 Å². The molecule has 1 N–H and O–H groups in total. The van der Waals surface area contributed by atoms with Gasteiger partial charge in [0.05, 0.1) is 42.3 Å². The summed E-state index contributed by atoms with van der Waals surface area (Å²) in [5.41, 5.74) is 2.48. The van der Waals surface area contributed by atoms with Crippen LogP contribution in [0.4, 0.5) is 0 Å². The van der Waals surface area contributed by atoms with Crippen molar-refractivity contribution in [3.05, 3.63) is 119 Å². The number of hydrogen-bond donors (Lipinski definition) is 1. The van der Waals surface area contributed by atoms with Crippen molar-refractivity contribution in [3.63, 3.8) is 0 Å². The predicted octanol–water partition coefficient (Wildman–Crippen LogP) is 7.19. The second-order valence-corrected chi connectivity index (χ2v) is 11.7. The standard InChI is InChI=1S/C32H21I2N3O6/c1-41-26-10-5-11-27-22(26)15-28(43-27)30-36-25-9-3-2-8-21(25)31(38)37(30)35-16-19-13-23(33)29(24(34)14-19)42-17-18-6-4-7-20(12-18)32(39)40/h2-16H,17H2,1H3,(H,39,40). The van der Waals surface area contributed by atoms with E-state index in [1.165, 1.54) is 4.68 Å². The molecule has 0 saturated carbocycles. The number of fused-ring (bicyclic) bond motifs is 2. The molecule has 0 aliphatic heterocycles. The van der Waals surface area contributed by atoms with Gasteiger partial charge in [0, 0.05) is 0 Å². The van der Waals surface area contributed by atoms with Gasteiger partial charge in [-0.25, -0.2) is 9.78 Å². The van der Waals surface area contributed by atoms with Gasteiger partial charge in [-0.05, 0) is 111 Å². The van der Waals surface area contributed by atoms with Gasteiger partial charge in [-0.3, -0.25) is 4.79 Å². The summed E-state index contributed by atoms with van der Waals surface area (Å²) in [7, 11) is 1.59. The molecule has 0 radical (unpaired) electrons. The van der Waals surface area contributed by atoms with Gasteiger partial charge in [0.1, 0.15) is 23.7 Å². The largest absolute Gasteiger partial charge is 0.496 e. The lowest BCUT2D eigenvalue weighted by Crippen LogP contribution is -2.20. The molecule has 6 aromatic rings. The molecule has 6 rings (SSSR count). The molecule has 0 amide bonds. The molecule has 0 fully saturated rings. The van der Waals surface area contributed by atoms with Crippen LogP contribution in [0, 0.1) is 7.14 Å². The third kappa shape index (κ3) is 5.86. The van der Waals surface area contributed by atoms with Crippen molar-refractivity contribution < 1.29 is 23.8 Å². The number of ether oxygens (including phenoxy) is 2. The molecule has 0 unspecified atom stereocenters. The van der Waals surface area contributed by atoms with Crippen LogP contribution in [0.2, 0.25) is 0 Å². The van der Waals surface area contributed by atoms with Crippen molar-refractivity contribution in [1.29, 1.82) is 0 Å². The van der Waals surface area contributed by atoms with Crippen LogP contribution in [-0.2, 0) is 6.61 Å². The Hall–Kier alpha value is -4.24. The number of methoxy groups -OCH3 is 1. The number of furan rings is 1. The molecule has 0 spiro atoms. The summed E-state index contributed by atoms with van der Waals surface area (Å²) in [5.74, 6) is 0.955.